The highest BCUT2D eigenvalue weighted by molar-refractivity contribution is 6.03. The molecule has 1 fully saturated rings. The number of hydrogen-bond acceptors (Lipinski definition) is 5. The number of oxime groups is 1. The Morgan fingerprint density at radius 2 is 1.69 bits per heavy atom. The van der Waals surface area contributed by atoms with Crippen LogP contribution in [0.2, 0.25) is 0 Å². The molecule has 0 bridgehead atoms. The molecule has 39 heavy (non-hydrogen) atoms. The van der Waals surface area contributed by atoms with Crippen molar-refractivity contribution < 1.29 is 19.2 Å². The molecule has 1 spiro atoms. The molecule has 3 amide bonds. The quantitative estimate of drug-likeness (QED) is 0.460. The van der Waals surface area contributed by atoms with Gasteiger partial charge in [-0.25, -0.2) is 0 Å². The lowest BCUT2D eigenvalue weighted by Crippen LogP contribution is -2.43. The lowest BCUT2D eigenvalue weighted by atomic mass is 9.88. The Hall–Kier alpha value is -4.46. The van der Waals surface area contributed by atoms with Gasteiger partial charge in [0.2, 0.25) is 17.7 Å². The van der Waals surface area contributed by atoms with Crippen molar-refractivity contribution in [1.82, 2.24) is 4.90 Å². The molecule has 200 valence electrons. The van der Waals surface area contributed by atoms with Gasteiger partial charge in [0.15, 0.2) is 5.60 Å². The van der Waals surface area contributed by atoms with Crippen LogP contribution in [0, 0.1) is 0 Å². The number of nitrogens with zero attached hydrogens (tertiary/aromatic N) is 2. The number of amides is 3. The summed E-state index contributed by atoms with van der Waals surface area (Å²) < 4.78 is 0. The van der Waals surface area contributed by atoms with E-state index in [1.54, 1.807) is 6.92 Å². The number of nitrogens with one attached hydrogen (secondary N) is 1. The van der Waals surface area contributed by atoms with Gasteiger partial charge in [-0.05, 0) is 23.3 Å². The molecular formula is C31H32N4O4. The van der Waals surface area contributed by atoms with E-state index in [0.29, 0.717) is 30.7 Å². The number of likely N-dealkylation sites (tertiary alicyclic amines) is 1. The molecular weight excluding hydrogens is 492 g/mol. The Bertz CT molecular complexity index is 1350. The summed E-state index contributed by atoms with van der Waals surface area (Å²) in [6.07, 6.45) is 1.32. The molecule has 8 heteroatoms. The number of benzene rings is 3. The maximum absolute atomic E-state index is 13.2. The van der Waals surface area contributed by atoms with Crippen molar-refractivity contribution >= 4 is 29.1 Å². The van der Waals surface area contributed by atoms with Crippen LogP contribution in [0.3, 0.4) is 0 Å². The third kappa shape index (κ3) is 5.70. The van der Waals surface area contributed by atoms with Crippen LogP contribution in [0.5, 0.6) is 0 Å². The highest BCUT2D eigenvalue weighted by Crippen LogP contribution is 2.39. The van der Waals surface area contributed by atoms with Gasteiger partial charge in [0, 0.05) is 42.9 Å². The first-order valence-electron chi connectivity index (χ1n) is 13.2. The summed E-state index contributed by atoms with van der Waals surface area (Å²) in [5.41, 5.74) is 9.13. The lowest BCUT2D eigenvalue weighted by Gasteiger charge is -2.22. The monoisotopic (exact) mass is 524 g/mol. The molecule has 2 aliphatic heterocycles. The molecule has 3 aromatic rings. The fourth-order valence-corrected chi connectivity index (χ4v) is 5.51. The lowest BCUT2D eigenvalue weighted by molar-refractivity contribution is -0.137. The van der Waals surface area contributed by atoms with Crippen LogP contribution >= 0.6 is 0 Å². The van der Waals surface area contributed by atoms with Crippen LogP contribution in [0.15, 0.2) is 90.1 Å². The summed E-state index contributed by atoms with van der Waals surface area (Å²) in [6, 6.07) is 26.8. The Morgan fingerprint density at radius 3 is 2.31 bits per heavy atom. The topological polar surface area (TPSA) is 114 Å². The average molecular weight is 525 g/mol. The molecule has 5 rings (SSSR count). The van der Waals surface area contributed by atoms with E-state index in [4.69, 9.17) is 10.6 Å². The standard InChI is InChI=1S/C31H32N4O4/c1-2-29(37)35-20-31(19-27(35)30(32)38)18-26(34-39-31)23-14-9-15-24(16-23)33-28(36)17-25(21-10-5-3-6-11-21)22-12-7-4-8-13-22/h3-16,25,27H,2,17-20H2,1H3,(H2,32,38)(H,33,36)/t27-,31?/m0/s1. The molecule has 2 heterocycles. The zero-order valence-electron chi connectivity index (χ0n) is 21.9. The predicted molar refractivity (Wildman–Crippen MR) is 149 cm³/mol. The minimum Gasteiger partial charge on any atom is -0.387 e. The molecule has 0 aromatic heterocycles. The summed E-state index contributed by atoms with van der Waals surface area (Å²) in [5.74, 6) is -0.848. The van der Waals surface area contributed by atoms with Crippen molar-refractivity contribution in [2.75, 3.05) is 11.9 Å². The summed E-state index contributed by atoms with van der Waals surface area (Å²) in [5, 5.41) is 7.36. The van der Waals surface area contributed by atoms with E-state index >= 15 is 0 Å². The van der Waals surface area contributed by atoms with Crippen molar-refractivity contribution in [2.24, 2.45) is 10.9 Å². The Labute approximate surface area is 227 Å². The van der Waals surface area contributed by atoms with Crippen LogP contribution in [0.4, 0.5) is 5.69 Å². The third-order valence-electron chi connectivity index (χ3n) is 7.46. The van der Waals surface area contributed by atoms with E-state index < -0.39 is 17.6 Å². The first kappa shape index (κ1) is 26.2. The maximum Gasteiger partial charge on any atom is 0.240 e. The Balaban J connectivity index is 1.28. The zero-order chi connectivity index (χ0) is 27.4. The van der Waals surface area contributed by atoms with Crippen LogP contribution in [-0.4, -0.2) is 46.5 Å². The van der Waals surface area contributed by atoms with E-state index in [2.05, 4.69) is 10.5 Å². The van der Waals surface area contributed by atoms with Crippen LogP contribution in [0.1, 0.15) is 55.2 Å². The van der Waals surface area contributed by atoms with Gasteiger partial charge < -0.3 is 20.8 Å². The minimum absolute atomic E-state index is 0.0719. The van der Waals surface area contributed by atoms with Gasteiger partial charge in [-0.3, -0.25) is 14.4 Å². The van der Waals surface area contributed by atoms with Gasteiger partial charge in [-0.2, -0.15) is 0 Å². The van der Waals surface area contributed by atoms with E-state index in [1.165, 1.54) is 4.90 Å². The van der Waals surface area contributed by atoms with Crippen molar-refractivity contribution in [3.8, 4) is 0 Å². The first-order valence-corrected chi connectivity index (χ1v) is 13.2. The molecule has 2 atom stereocenters. The van der Waals surface area contributed by atoms with E-state index in [9.17, 15) is 14.4 Å². The SMILES string of the molecule is CCC(=O)N1CC2(CC(c3cccc(NC(=O)CC(c4ccccc4)c4ccccc4)c3)=NO2)C[C@H]1C(N)=O. The number of carbonyl (C=O) groups excluding carboxylic acids is 3. The molecule has 1 saturated heterocycles. The Kier molecular flexibility index (Phi) is 7.45. The van der Waals surface area contributed by atoms with Gasteiger partial charge in [0.1, 0.15) is 6.04 Å². The third-order valence-corrected chi connectivity index (χ3v) is 7.46. The number of anilines is 1. The molecule has 2 aliphatic rings. The molecule has 3 aromatic carbocycles. The van der Waals surface area contributed by atoms with Crippen LogP contribution < -0.4 is 11.1 Å². The largest absolute Gasteiger partial charge is 0.387 e. The van der Waals surface area contributed by atoms with Gasteiger partial charge in [-0.1, -0.05) is 84.9 Å². The van der Waals surface area contributed by atoms with Gasteiger partial charge in [0.25, 0.3) is 0 Å². The molecule has 0 radical (unpaired) electrons. The van der Waals surface area contributed by atoms with Gasteiger partial charge >= 0.3 is 0 Å². The van der Waals surface area contributed by atoms with Crippen LogP contribution in [0.25, 0.3) is 0 Å². The predicted octanol–water partition coefficient (Wildman–Crippen LogP) is 4.21. The second kappa shape index (κ2) is 11.1. The molecule has 8 nitrogen and oxygen atoms in total. The highest BCUT2D eigenvalue weighted by Gasteiger charge is 2.53. The summed E-state index contributed by atoms with van der Waals surface area (Å²) >= 11 is 0. The summed E-state index contributed by atoms with van der Waals surface area (Å²) in [6.45, 7) is 2.02. The van der Waals surface area contributed by atoms with Crippen molar-refractivity contribution in [3.05, 3.63) is 102 Å². The summed E-state index contributed by atoms with van der Waals surface area (Å²) in [4.78, 5) is 45.0. The fraction of sp³-hybridized carbons (Fsp3) is 0.290. The molecule has 3 N–H and O–H groups in total. The smallest absolute Gasteiger partial charge is 0.240 e. The van der Waals surface area contributed by atoms with E-state index in [1.807, 2.05) is 84.9 Å². The van der Waals surface area contributed by atoms with E-state index in [0.717, 1.165) is 16.7 Å². The van der Waals surface area contributed by atoms with E-state index in [-0.39, 0.29) is 30.7 Å². The zero-order valence-corrected chi connectivity index (χ0v) is 21.9. The normalized spacial score (nSPS) is 20.1. The number of hydrogen-bond donors (Lipinski definition) is 2. The highest BCUT2D eigenvalue weighted by atomic mass is 16.7. The number of carbonyl (C=O) groups is 3. The first-order chi connectivity index (χ1) is 18.9. The Morgan fingerprint density at radius 1 is 1.03 bits per heavy atom. The van der Waals surface area contributed by atoms with Crippen molar-refractivity contribution in [1.29, 1.82) is 0 Å². The average Bonchev–Trinajstić information content (AvgIpc) is 3.56. The second-order valence-corrected chi connectivity index (χ2v) is 10.2. The molecule has 0 aliphatic carbocycles. The molecule has 1 unspecified atom stereocenters. The fourth-order valence-electron chi connectivity index (χ4n) is 5.51. The number of nitrogens with two attached hydrogens (primary N) is 1. The number of primary amides is 1. The van der Waals surface area contributed by atoms with Crippen molar-refractivity contribution in [3.63, 3.8) is 0 Å². The second-order valence-electron chi connectivity index (χ2n) is 10.2. The van der Waals surface area contributed by atoms with Gasteiger partial charge in [0.05, 0.1) is 12.3 Å². The van der Waals surface area contributed by atoms with Gasteiger partial charge in [-0.15, -0.1) is 0 Å². The van der Waals surface area contributed by atoms with Crippen LogP contribution in [-0.2, 0) is 19.2 Å². The molecule has 0 saturated carbocycles. The minimum atomic E-state index is -0.780. The van der Waals surface area contributed by atoms with Crippen molar-refractivity contribution in [2.45, 2.75) is 50.2 Å². The maximum atomic E-state index is 13.2. The number of rotatable bonds is 8. The summed E-state index contributed by atoms with van der Waals surface area (Å²) in [7, 11) is 0.